The lowest BCUT2D eigenvalue weighted by atomic mass is 10.1. The van der Waals surface area contributed by atoms with E-state index in [2.05, 4.69) is 41.1 Å². The molecule has 1 aliphatic rings. The highest BCUT2D eigenvalue weighted by molar-refractivity contribution is 7.99. The molecule has 1 saturated heterocycles. The number of benzene rings is 1. The number of nitrogens with zero attached hydrogens (tertiary/aromatic N) is 2. The zero-order valence-corrected chi connectivity index (χ0v) is 19.4. The van der Waals surface area contributed by atoms with Crippen LogP contribution in [-0.4, -0.2) is 48.5 Å². The van der Waals surface area contributed by atoms with Gasteiger partial charge in [-0.2, -0.15) is 0 Å². The molecule has 1 aromatic carbocycles. The van der Waals surface area contributed by atoms with Crippen molar-refractivity contribution in [3.05, 3.63) is 64.3 Å². The SMILES string of the molecule is Cc1ccc2c(SCCCCCOc3coc(CN4CCOCC4)cc3=O)ccnc2c1. The molecule has 0 radical (unpaired) electrons. The van der Waals surface area contributed by atoms with Crippen LogP contribution < -0.4 is 10.2 Å². The first-order valence-electron chi connectivity index (χ1n) is 11.2. The number of hydrogen-bond acceptors (Lipinski definition) is 7. The minimum absolute atomic E-state index is 0.116. The largest absolute Gasteiger partial charge is 0.487 e. The van der Waals surface area contributed by atoms with Gasteiger partial charge < -0.3 is 13.9 Å². The third kappa shape index (κ3) is 6.34. The van der Waals surface area contributed by atoms with Gasteiger partial charge in [-0.3, -0.25) is 14.7 Å². The number of morpholine rings is 1. The van der Waals surface area contributed by atoms with Crippen LogP contribution in [0.5, 0.6) is 5.75 Å². The van der Waals surface area contributed by atoms with Gasteiger partial charge in [-0.15, -0.1) is 11.8 Å². The number of hydrogen-bond donors (Lipinski definition) is 0. The van der Waals surface area contributed by atoms with Gasteiger partial charge in [-0.05, 0) is 49.6 Å². The van der Waals surface area contributed by atoms with Crippen molar-refractivity contribution in [3.63, 3.8) is 0 Å². The topological polar surface area (TPSA) is 64.8 Å². The van der Waals surface area contributed by atoms with Gasteiger partial charge in [-0.1, -0.05) is 12.1 Å². The Bertz CT molecular complexity index is 1080. The Kier molecular flexibility index (Phi) is 8.20. The summed E-state index contributed by atoms with van der Waals surface area (Å²) >= 11 is 1.87. The van der Waals surface area contributed by atoms with Crippen molar-refractivity contribution in [3.8, 4) is 5.75 Å². The van der Waals surface area contributed by atoms with Gasteiger partial charge in [0.2, 0.25) is 11.2 Å². The third-order valence-electron chi connectivity index (χ3n) is 5.50. The van der Waals surface area contributed by atoms with Crippen LogP contribution in [0.25, 0.3) is 10.9 Å². The molecule has 6 nitrogen and oxygen atoms in total. The van der Waals surface area contributed by atoms with Crippen molar-refractivity contribution in [2.75, 3.05) is 38.7 Å². The second-order valence-electron chi connectivity index (χ2n) is 8.05. The van der Waals surface area contributed by atoms with Gasteiger partial charge in [-0.25, -0.2) is 0 Å². The summed E-state index contributed by atoms with van der Waals surface area (Å²) in [7, 11) is 0. The predicted molar refractivity (Wildman–Crippen MR) is 128 cm³/mol. The number of thioether (sulfide) groups is 1. The lowest BCUT2D eigenvalue weighted by Gasteiger charge is -2.25. The Morgan fingerprint density at radius 3 is 2.84 bits per heavy atom. The number of aryl methyl sites for hydroxylation is 1. The zero-order valence-electron chi connectivity index (χ0n) is 18.5. The Labute approximate surface area is 192 Å². The van der Waals surface area contributed by atoms with Crippen LogP contribution in [0, 0.1) is 6.92 Å². The molecule has 0 saturated carbocycles. The summed E-state index contributed by atoms with van der Waals surface area (Å²) in [4.78, 5) is 20.3. The third-order valence-corrected chi connectivity index (χ3v) is 6.66. The first-order valence-corrected chi connectivity index (χ1v) is 12.2. The fourth-order valence-electron chi connectivity index (χ4n) is 3.71. The van der Waals surface area contributed by atoms with Crippen LogP contribution in [-0.2, 0) is 11.3 Å². The van der Waals surface area contributed by atoms with Gasteiger partial charge in [0.05, 0.1) is 31.9 Å². The van der Waals surface area contributed by atoms with E-state index in [1.165, 1.54) is 22.1 Å². The van der Waals surface area contributed by atoms with E-state index in [-0.39, 0.29) is 5.43 Å². The maximum atomic E-state index is 12.3. The van der Waals surface area contributed by atoms with E-state index < -0.39 is 0 Å². The molecule has 0 bridgehead atoms. The summed E-state index contributed by atoms with van der Waals surface area (Å²) in [6, 6.07) is 10.1. The summed E-state index contributed by atoms with van der Waals surface area (Å²) in [5, 5.41) is 1.22. The molecule has 3 heterocycles. The van der Waals surface area contributed by atoms with Gasteiger partial charge in [0.15, 0.2) is 0 Å². The summed E-state index contributed by atoms with van der Waals surface area (Å²) < 4.78 is 16.6. The average molecular weight is 455 g/mol. The zero-order chi connectivity index (χ0) is 22.2. The number of fused-ring (bicyclic) bond motifs is 1. The normalized spacial score (nSPS) is 14.7. The van der Waals surface area contributed by atoms with Crippen LogP contribution in [0.4, 0.5) is 0 Å². The maximum Gasteiger partial charge on any atom is 0.227 e. The van der Waals surface area contributed by atoms with Crippen molar-refractivity contribution in [1.82, 2.24) is 9.88 Å². The fraction of sp³-hybridized carbons (Fsp3) is 0.440. The van der Waals surface area contributed by atoms with Crippen molar-refractivity contribution in [2.45, 2.75) is 37.6 Å². The molecule has 1 aliphatic heterocycles. The lowest BCUT2D eigenvalue weighted by molar-refractivity contribution is 0.0310. The smallest absolute Gasteiger partial charge is 0.227 e. The summed E-state index contributed by atoms with van der Waals surface area (Å²) in [6.07, 6.45) is 6.39. The Morgan fingerprint density at radius 2 is 2.00 bits per heavy atom. The molecule has 0 atom stereocenters. The number of rotatable bonds is 10. The van der Waals surface area contributed by atoms with E-state index in [0.29, 0.717) is 24.7 Å². The molecule has 0 N–H and O–H groups in total. The molecule has 3 aromatic rings. The van der Waals surface area contributed by atoms with Crippen molar-refractivity contribution >= 4 is 22.7 Å². The van der Waals surface area contributed by atoms with E-state index in [4.69, 9.17) is 13.9 Å². The van der Waals surface area contributed by atoms with Crippen molar-refractivity contribution in [2.24, 2.45) is 0 Å². The van der Waals surface area contributed by atoms with E-state index in [9.17, 15) is 4.79 Å². The molecule has 7 heteroatoms. The molecular weight excluding hydrogens is 424 g/mol. The summed E-state index contributed by atoms with van der Waals surface area (Å²) in [5.74, 6) is 2.01. The molecule has 0 spiro atoms. The minimum Gasteiger partial charge on any atom is -0.487 e. The van der Waals surface area contributed by atoms with E-state index >= 15 is 0 Å². The highest BCUT2D eigenvalue weighted by Crippen LogP contribution is 2.28. The van der Waals surface area contributed by atoms with Gasteiger partial charge in [0.25, 0.3) is 0 Å². The molecular formula is C25H30N2O4S. The second kappa shape index (κ2) is 11.5. The minimum atomic E-state index is -0.116. The van der Waals surface area contributed by atoms with Crippen LogP contribution in [0.2, 0.25) is 0 Å². The Morgan fingerprint density at radius 1 is 1.12 bits per heavy atom. The molecule has 170 valence electrons. The number of pyridine rings is 1. The fourth-order valence-corrected chi connectivity index (χ4v) is 4.76. The number of ether oxygens (including phenoxy) is 2. The molecule has 1 fully saturated rings. The molecule has 0 amide bonds. The van der Waals surface area contributed by atoms with Gasteiger partial charge in [0, 0.05) is 35.6 Å². The highest BCUT2D eigenvalue weighted by Gasteiger charge is 2.13. The molecule has 0 aliphatic carbocycles. The van der Waals surface area contributed by atoms with Gasteiger partial charge >= 0.3 is 0 Å². The maximum absolute atomic E-state index is 12.3. The van der Waals surface area contributed by atoms with Crippen LogP contribution in [0.3, 0.4) is 0 Å². The van der Waals surface area contributed by atoms with E-state index in [1.54, 1.807) is 6.07 Å². The summed E-state index contributed by atoms with van der Waals surface area (Å²) in [5.41, 5.74) is 2.17. The number of aromatic nitrogens is 1. The number of unbranched alkanes of at least 4 members (excludes halogenated alkanes) is 2. The second-order valence-corrected chi connectivity index (χ2v) is 9.19. The molecule has 0 unspecified atom stereocenters. The Balaban J connectivity index is 1.16. The van der Waals surface area contributed by atoms with E-state index in [0.717, 1.165) is 56.8 Å². The molecule has 2 aromatic heterocycles. The van der Waals surface area contributed by atoms with Crippen LogP contribution >= 0.6 is 11.8 Å². The van der Waals surface area contributed by atoms with Crippen LogP contribution in [0.1, 0.15) is 30.6 Å². The first-order chi connectivity index (χ1) is 15.7. The van der Waals surface area contributed by atoms with E-state index in [1.807, 2.05) is 18.0 Å². The monoisotopic (exact) mass is 454 g/mol. The molecule has 32 heavy (non-hydrogen) atoms. The average Bonchev–Trinajstić information content (AvgIpc) is 2.80. The predicted octanol–water partition coefficient (Wildman–Crippen LogP) is 4.67. The molecule has 4 rings (SSSR count). The quantitative estimate of drug-likeness (QED) is 0.326. The first kappa shape index (κ1) is 22.8. The highest BCUT2D eigenvalue weighted by atomic mass is 32.2. The standard InChI is InChI=1S/C25H30N2O4S/c1-19-5-6-21-22(15-19)26-8-7-25(21)32-14-4-2-3-11-30-24-18-31-20(16-23(24)28)17-27-9-12-29-13-10-27/h5-8,15-16,18H,2-4,9-14,17H2,1H3. The van der Waals surface area contributed by atoms with Crippen LogP contribution in [0.15, 0.2) is 56.9 Å². The Hall–Kier alpha value is -2.35. The van der Waals surface area contributed by atoms with Crippen molar-refractivity contribution in [1.29, 1.82) is 0 Å². The summed E-state index contributed by atoms with van der Waals surface area (Å²) in [6.45, 7) is 6.41. The lowest BCUT2D eigenvalue weighted by Crippen LogP contribution is -2.35. The van der Waals surface area contributed by atoms with Gasteiger partial charge in [0.1, 0.15) is 12.0 Å². The van der Waals surface area contributed by atoms with Crippen molar-refractivity contribution < 1.29 is 13.9 Å².